The molecule has 1 amide bonds. The molecule has 9 heteroatoms. The number of benzene rings is 2. The van der Waals surface area contributed by atoms with E-state index in [1.54, 1.807) is 19.0 Å². The lowest BCUT2D eigenvalue weighted by molar-refractivity contribution is -0.490. The first-order valence-corrected chi connectivity index (χ1v) is 8.03. The highest BCUT2D eigenvalue weighted by Crippen LogP contribution is 2.27. The molecule has 0 spiro atoms. The minimum atomic E-state index is -0.707. The summed E-state index contributed by atoms with van der Waals surface area (Å²) in [6.07, 6.45) is -0.707. The van der Waals surface area contributed by atoms with Gasteiger partial charge in [0.05, 0.1) is 0 Å². The number of fused-ring (bicyclic) bond motifs is 1. The maximum absolute atomic E-state index is 10.9. The number of carbonyl (C=O) groups excluding carboxylic acids is 1. The Balaban J connectivity index is 0.000000705. The fourth-order valence-electron chi connectivity index (χ4n) is 2.09. The second-order valence-electron chi connectivity index (χ2n) is 5.19. The van der Waals surface area contributed by atoms with Crippen LogP contribution in [0, 0.1) is 10.1 Å². The Bertz CT molecular complexity index is 759. The van der Waals surface area contributed by atoms with Crippen molar-refractivity contribution < 1.29 is 14.5 Å². The van der Waals surface area contributed by atoms with Gasteiger partial charge in [-0.25, -0.2) is 0 Å². The predicted molar refractivity (Wildman–Crippen MR) is 104 cm³/mol. The van der Waals surface area contributed by atoms with Gasteiger partial charge in [-0.1, -0.05) is 55.1 Å². The van der Waals surface area contributed by atoms with E-state index in [4.69, 9.17) is 21.7 Å². The number of carbonyl (C=O) groups is 1. The second-order valence-corrected chi connectivity index (χ2v) is 5.98. The molecule has 134 valence electrons. The van der Waals surface area contributed by atoms with E-state index in [1.807, 2.05) is 42.5 Å². The van der Waals surface area contributed by atoms with Crippen LogP contribution in [0.5, 0.6) is 0 Å². The van der Waals surface area contributed by atoms with E-state index in [0.29, 0.717) is 0 Å². The lowest BCUT2D eigenvalue weighted by atomic mass is 10.0. The first-order chi connectivity index (χ1) is 11.7. The summed E-state index contributed by atoms with van der Waals surface area (Å²) in [7, 11) is 3.49. The zero-order chi connectivity index (χ0) is 19.0. The summed E-state index contributed by atoms with van der Waals surface area (Å²) in [4.78, 5) is 21.3. The van der Waals surface area contributed by atoms with Gasteiger partial charge in [0, 0.05) is 24.6 Å². The molecular formula is C16H19N3O4S2. The largest absolute Gasteiger partial charge is 0.456 e. The van der Waals surface area contributed by atoms with Gasteiger partial charge in [0.1, 0.15) is 0 Å². The van der Waals surface area contributed by atoms with Gasteiger partial charge in [-0.3, -0.25) is 14.9 Å². The van der Waals surface area contributed by atoms with E-state index < -0.39 is 11.3 Å². The number of nitrogens with two attached hydrogens (primary N) is 1. The molecule has 1 atom stereocenters. The van der Waals surface area contributed by atoms with Crippen LogP contribution in [-0.4, -0.2) is 40.9 Å². The standard InChI is InChI=1S/C15H16N2O3S.CH3NOS/c1-16(2)15(21)20-14(10-17(18)19)13-9-5-7-11-6-3-4-8-12(11)13;2-1(3)4/h3-9,14H,10H2,1-2H3;(H3,2,3,4). The molecule has 0 saturated carbocycles. The fourth-order valence-corrected chi connectivity index (χ4v) is 2.21. The summed E-state index contributed by atoms with van der Waals surface area (Å²) < 4.78 is 5.63. The Morgan fingerprint density at radius 1 is 1.32 bits per heavy atom. The Labute approximate surface area is 156 Å². The molecule has 0 fully saturated rings. The third-order valence-electron chi connectivity index (χ3n) is 3.09. The molecule has 1 unspecified atom stereocenters. The van der Waals surface area contributed by atoms with Crippen molar-refractivity contribution in [2.75, 3.05) is 20.6 Å². The van der Waals surface area contributed by atoms with E-state index in [0.717, 1.165) is 16.3 Å². The molecule has 2 aromatic rings. The molecule has 25 heavy (non-hydrogen) atoms. The quantitative estimate of drug-likeness (QED) is 0.366. The predicted octanol–water partition coefficient (Wildman–Crippen LogP) is 3.02. The number of thiol groups is 1. The number of ether oxygens (including phenoxy) is 1. The topological polar surface area (TPSA) is 98.7 Å². The minimum absolute atomic E-state index is 0.231. The molecule has 7 nitrogen and oxygen atoms in total. The molecule has 2 aromatic carbocycles. The molecule has 2 N–H and O–H groups in total. The molecule has 0 saturated heterocycles. The van der Waals surface area contributed by atoms with Crippen LogP contribution in [0.2, 0.25) is 0 Å². The smallest absolute Gasteiger partial charge is 0.273 e. The summed E-state index contributed by atoms with van der Waals surface area (Å²) in [5.74, 6) is 0. The summed E-state index contributed by atoms with van der Waals surface area (Å²) in [6, 6.07) is 13.4. The molecule has 0 aliphatic heterocycles. The molecule has 0 bridgehead atoms. The number of rotatable bonds is 4. The van der Waals surface area contributed by atoms with Crippen LogP contribution in [-0.2, 0) is 4.74 Å². The number of hydrogen-bond donors (Lipinski definition) is 2. The Morgan fingerprint density at radius 3 is 2.44 bits per heavy atom. The number of nitro groups is 1. The monoisotopic (exact) mass is 381 g/mol. The van der Waals surface area contributed by atoms with E-state index in [1.165, 1.54) is 0 Å². The van der Waals surface area contributed by atoms with Crippen molar-refractivity contribution in [1.82, 2.24) is 4.90 Å². The summed E-state index contributed by atoms with van der Waals surface area (Å²) in [6.45, 7) is -0.331. The first kappa shape index (κ1) is 20.7. The second kappa shape index (κ2) is 9.80. The molecule has 0 heterocycles. The van der Waals surface area contributed by atoms with Gasteiger partial charge in [0.25, 0.3) is 10.4 Å². The van der Waals surface area contributed by atoms with Crippen LogP contribution in [0.15, 0.2) is 42.5 Å². The first-order valence-electron chi connectivity index (χ1n) is 7.18. The zero-order valence-electron chi connectivity index (χ0n) is 13.8. The van der Waals surface area contributed by atoms with Crippen molar-refractivity contribution in [3.8, 4) is 0 Å². The number of nitrogens with zero attached hydrogens (tertiary/aromatic N) is 2. The molecule has 0 aliphatic rings. The lowest BCUT2D eigenvalue weighted by Gasteiger charge is -2.21. The maximum atomic E-state index is 10.9. The van der Waals surface area contributed by atoms with E-state index >= 15 is 0 Å². The van der Waals surface area contributed by atoms with Gasteiger partial charge in [-0.2, -0.15) is 0 Å². The molecule has 0 aromatic heterocycles. The number of thiocarbonyl (C=S) groups is 1. The highest BCUT2D eigenvalue weighted by molar-refractivity contribution is 7.96. The highest BCUT2D eigenvalue weighted by atomic mass is 32.1. The summed E-state index contributed by atoms with van der Waals surface area (Å²) >= 11 is 8.22. The average Bonchev–Trinajstić information content (AvgIpc) is 2.52. The Morgan fingerprint density at radius 2 is 1.88 bits per heavy atom. The van der Waals surface area contributed by atoms with Gasteiger partial charge >= 0.3 is 0 Å². The van der Waals surface area contributed by atoms with Gasteiger partial charge in [-0.15, -0.1) is 0 Å². The van der Waals surface area contributed by atoms with Crippen molar-refractivity contribution >= 4 is 46.0 Å². The average molecular weight is 381 g/mol. The minimum Gasteiger partial charge on any atom is -0.456 e. The fraction of sp³-hybridized carbons (Fsp3) is 0.250. The van der Waals surface area contributed by atoms with Crippen molar-refractivity contribution in [2.24, 2.45) is 5.73 Å². The normalized spacial score (nSPS) is 11.0. The molecule has 0 aliphatic carbocycles. The number of hydrogen-bond acceptors (Lipinski definition) is 5. The van der Waals surface area contributed by atoms with Crippen molar-refractivity contribution in [2.45, 2.75) is 6.10 Å². The molecule has 2 rings (SSSR count). The summed E-state index contributed by atoms with van der Waals surface area (Å²) in [5, 5.41) is 12.5. The number of amides is 1. The number of primary amides is 1. The molecular weight excluding hydrogens is 362 g/mol. The van der Waals surface area contributed by atoms with Gasteiger partial charge < -0.3 is 15.4 Å². The van der Waals surface area contributed by atoms with Crippen LogP contribution >= 0.6 is 24.8 Å². The highest BCUT2D eigenvalue weighted by Gasteiger charge is 2.23. The van der Waals surface area contributed by atoms with E-state index in [-0.39, 0.29) is 16.6 Å². The van der Waals surface area contributed by atoms with Crippen LogP contribution in [0.1, 0.15) is 11.7 Å². The van der Waals surface area contributed by atoms with Crippen molar-refractivity contribution in [1.29, 1.82) is 0 Å². The van der Waals surface area contributed by atoms with Crippen molar-refractivity contribution in [3.05, 3.63) is 58.1 Å². The SMILES string of the molecule is CN(C)C(=S)OC(C[N+](=O)[O-])c1cccc2ccccc12.NC(=O)S. The summed E-state index contributed by atoms with van der Waals surface area (Å²) in [5.41, 5.74) is 5.11. The van der Waals surface area contributed by atoms with Crippen molar-refractivity contribution in [3.63, 3.8) is 0 Å². The van der Waals surface area contributed by atoms with E-state index in [9.17, 15) is 10.1 Å². The van der Waals surface area contributed by atoms with Gasteiger partial charge in [0.2, 0.25) is 6.54 Å². The van der Waals surface area contributed by atoms with E-state index in [2.05, 4.69) is 18.4 Å². The van der Waals surface area contributed by atoms with Gasteiger partial charge in [-0.05, 0) is 23.0 Å². The Kier molecular flexibility index (Phi) is 8.09. The van der Waals surface area contributed by atoms with Gasteiger partial charge in [0.15, 0.2) is 6.10 Å². The maximum Gasteiger partial charge on any atom is 0.273 e. The zero-order valence-corrected chi connectivity index (χ0v) is 15.5. The van der Waals surface area contributed by atoms with Crippen LogP contribution < -0.4 is 5.73 Å². The van der Waals surface area contributed by atoms with Crippen LogP contribution in [0.25, 0.3) is 10.8 Å². The third-order valence-corrected chi connectivity index (χ3v) is 3.55. The molecule has 0 radical (unpaired) electrons. The lowest BCUT2D eigenvalue weighted by Crippen LogP contribution is -2.27. The third kappa shape index (κ3) is 6.94. The van der Waals surface area contributed by atoms with Crippen LogP contribution in [0.3, 0.4) is 0 Å². The Hall–Kier alpha value is -2.39. The van der Waals surface area contributed by atoms with Crippen LogP contribution in [0.4, 0.5) is 4.79 Å².